The van der Waals surface area contributed by atoms with Crippen LogP contribution < -0.4 is 5.32 Å². The average Bonchev–Trinajstić information content (AvgIpc) is 2.60. The predicted molar refractivity (Wildman–Crippen MR) is 104 cm³/mol. The van der Waals surface area contributed by atoms with Crippen molar-refractivity contribution >= 4 is 17.7 Å². The predicted octanol–water partition coefficient (Wildman–Crippen LogP) is 1.10. The number of piperazine rings is 1. The van der Waals surface area contributed by atoms with E-state index < -0.39 is 17.5 Å². The summed E-state index contributed by atoms with van der Waals surface area (Å²) in [4.78, 5) is 41.5. The third kappa shape index (κ3) is 6.77. The molecule has 1 saturated heterocycles. The highest BCUT2D eigenvalue weighted by Gasteiger charge is 2.26. The van der Waals surface area contributed by atoms with Crippen LogP contribution in [0, 0.1) is 11.6 Å². The SMILES string of the molecule is CN(CC(=O)N1CCN(CC(=O)NC(C)(C)C)CC1)C(=O)c1ccc(F)cc1F. The molecule has 1 aliphatic heterocycles. The Bertz CT molecular complexity index is 771. The molecule has 7 nitrogen and oxygen atoms in total. The van der Waals surface area contributed by atoms with Crippen LogP contribution in [0.5, 0.6) is 0 Å². The van der Waals surface area contributed by atoms with Gasteiger partial charge in [-0.15, -0.1) is 0 Å². The maximum absolute atomic E-state index is 13.8. The monoisotopic (exact) mass is 410 g/mol. The summed E-state index contributed by atoms with van der Waals surface area (Å²) in [6, 6.07) is 2.70. The lowest BCUT2D eigenvalue weighted by molar-refractivity contribution is -0.133. The smallest absolute Gasteiger partial charge is 0.257 e. The Kier molecular flexibility index (Phi) is 7.29. The standard InChI is InChI=1S/C20H28F2N4O3/c1-20(2,3)23-17(27)12-25-7-9-26(10-8-25)18(28)13-24(4)19(29)15-6-5-14(21)11-16(15)22/h5-6,11H,7-10,12-13H2,1-4H3,(H,23,27). The number of hydrogen-bond acceptors (Lipinski definition) is 4. The van der Waals surface area contributed by atoms with Crippen LogP contribution in [-0.4, -0.2) is 84.3 Å². The van der Waals surface area contributed by atoms with Gasteiger partial charge >= 0.3 is 0 Å². The van der Waals surface area contributed by atoms with E-state index in [4.69, 9.17) is 0 Å². The van der Waals surface area contributed by atoms with Crippen LogP contribution in [0.3, 0.4) is 0 Å². The van der Waals surface area contributed by atoms with Crippen molar-refractivity contribution < 1.29 is 23.2 Å². The van der Waals surface area contributed by atoms with Gasteiger partial charge in [-0.1, -0.05) is 0 Å². The van der Waals surface area contributed by atoms with Crippen LogP contribution in [0.4, 0.5) is 8.78 Å². The first-order valence-corrected chi connectivity index (χ1v) is 9.48. The van der Waals surface area contributed by atoms with Gasteiger partial charge in [0.25, 0.3) is 5.91 Å². The first-order chi connectivity index (χ1) is 13.5. The number of amides is 3. The fourth-order valence-electron chi connectivity index (χ4n) is 3.06. The third-order valence-electron chi connectivity index (χ3n) is 4.49. The topological polar surface area (TPSA) is 73.0 Å². The molecule has 0 radical (unpaired) electrons. The van der Waals surface area contributed by atoms with Gasteiger partial charge in [0.05, 0.1) is 18.7 Å². The molecule has 0 unspecified atom stereocenters. The molecule has 1 fully saturated rings. The summed E-state index contributed by atoms with van der Waals surface area (Å²) in [5.41, 5.74) is -0.577. The lowest BCUT2D eigenvalue weighted by Crippen LogP contribution is -2.54. The molecule has 9 heteroatoms. The Morgan fingerprint density at radius 2 is 1.72 bits per heavy atom. The Morgan fingerprint density at radius 3 is 2.28 bits per heavy atom. The molecule has 1 aromatic rings. The summed E-state index contributed by atoms with van der Waals surface area (Å²) >= 11 is 0. The lowest BCUT2D eigenvalue weighted by Gasteiger charge is -2.35. The van der Waals surface area contributed by atoms with Crippen LogP contribution >= 0.6 is 0 Å². The lowest BCUT2D eigenvalue weighted by atomic mass is 10.1. The fourth-order valence-corrected chi connectivity index (χ4v) is 3.06. The molecule has 0 aromatic heterocycles. The Morgan fingerprint density at radius 1 is 1.10 bits per heavy atom. The minimum atomic E-state index is -0.962. The zero-order valence-corrected chi connectivity index (χ0v) is 17.3. The molecule has 0 atom stereocenters. The second kappa shape index (κ2) is 9.30. The van der Waals surface area contributed by atoms with Gasteiger partial charge in [-0.2, -0.15) is 0 Å². The van der Waals surface area contributed by atoms with Crippen molar-refractivity contribution in [2.24, 2.45) is 0 Å². The fraction of sp³-hybridized carbons (Fsp3) is 0.550. The van der Waals surface area contributed by atoms with Gasteiger partial charge in [-0.3, -0.25) is 19.3 Å². The van der Waals surface area contributed by atoms with E-state index in [0.29, 0.717) is 32.2 Å². The molecule has 1 aromatic carbocycles. The van der Waals surface area contributed by atoms with Crippen molar-refractivity contribution in [3.8, 4) is 0 Å². The van der Waals surface area contributed by atoms with Crippen molar-refractivity contribution in [2.75, 3.05) is 46.3 Å². The number of carbonyl (C=O) groups excluding carboxylic acids is 3. The number of likely N-dealkylation sites (N-methyl/N-ethyl adjacent to an activating group) is 1. The van der Waals surface area contributed by atoms with Crippen molar-refractivity contribution in [2.45, 2.75) is 26.3 Å². The summed E-state index contributed by atoms with van der Waals surface area (Å²) < 4.78 is 26.8. The minimum absolute atomic E-state index is 0.0658. The molecule has 0 aliphatic carbocycles. The van der Waals surface area contributed by atoms with Crippen LogP contribution in [-0.2, 0) is 9.59 Å². The van der Waals surface area contributed by atoms with Gasteiger partial charge in [-0.25, -0.2) is 8.78 Å². The number of rotatable bonds is 5. The number of halogens is 2. The zero-order chi connectivity index (χ0) is 21.8. The number of carbonyl (C=O) groups is 3. The average molecular weight is 410 g/mol. The highest BCUT2D eigenvalue weighted by molar-refractivity contribution is 5.96. The van der Waals surface area contributed by atoms with Crippen LogP contribution in [0.15, 0.2) is 18.2 Å². The summed E-state index contributed by atoms with van der Waals surface area (Å²) in [6.45, 7) is 7.78. The molecular formula is C20H28F2N4O3. The summed E-state index contributed by atoms with van der Waals surface area (Å²) in [6.07, 6.45) is 0. The highest BCUT2D eigenvalue weighted by atomic mass is 19.1. The molecule has 1 heterocycles. The van der Waals surface area contributed by atoms with E-state index in [2.05, 4.69) is 5.32 Å². The van der Waals surface area contributed by atoms with E-state index in [1.165, 1.54) is 7.05 Å². The van der Waals surface area contributed by atoms with Crippen LogP contribution in [0.25, 0.3) is 0 Å². The van der Waals surface area contributed by atoms with Crippen LogP contribution in [0.1, 0.15) is 31.1 Å². The molecule has 0 spiro atoms. The van der Waals surface area contributed by atoms with Gasteiger partial charge in [-0.05, 0) is 32.9 Å². The van der Waals surface area contributed by atoms with E-state index >= 15 is 0 Å². The van der Waals surface area contributed by atoms with E-state index in [1.807, 2.05) is 25.7 Å². The summed E-state index contributed by atoms with van der Waals surface area (Å²) in [7, 11) is 1.40. The van der Waals surface area contributed by atoms with Crippen molar-refractivity contribution in [1.82, 2.24) is 20.0 Å². The molecule has 1 aliphatic rings. The summed E-state index contributed by atoms with van der Waals surface area (Å²) in [5, 5.41) is 2.90. The van der Waals surface area contributed by atoms with Gasteiger partial charge in [0.15, 0.2) is 0 Å². The number of hydrogen-bond donors (Lipinski definition) is 1. The van der Waals surface area contributed by atoms with Gasteiger partial charge in [0.2, 0.25) is 11.8 Å². The maximum Gasteiger partial charge on any atom is 0.257 e. The van der Waals surface area contributed by atoms with Gasteiger partial charge in [0.1, 0.15) is 11.6 Å². The molecule has 2 rings (SSSR count). The quantitative estimate of drug-likeness (QED) is 0.789. The van der Waals surface area contributed by atoms with Gasteiger partial charge < -0.3 is 15.1 Å². The second-order valence-electron chi connectivity index (χ2n) is 8.24. The third-order valence-corrected chi connectivity index (χ3v) is 4.49. The molecule has 0 saturated carbocycles. The normalized spacial score (nSPS) is 15.2. The molecule has 1 N–H and O–H groups in total. The first kappa shape index (κ1) is 22.7. The van der Waals surface area contributed by atoms with Crippen molar-refractivity contribution in [3.63, 3.8) is 0 Å². The Labute approximate surface area is 169 Å². The van der Waals surface area contributed by atoms with Gasteiger partial charge in [0, 0.05) is 44.8 Å². The van der Waals surface area contributed by atoms with Crippen LogP contribution in [0.2, 0.25) is 0 Å². The Hall–Kier alpha value is -2.55. The van der Waals surface area contributed by atoms with E-state index in [0.717, 1.165) is 17.0 Å². The maximum atomic E-state index is 13.8. The zero-order valence-electron chi connectivity index (χ0n) is 17.3. The van der Waals surface area contributed by atoms with E-state index in [-0.39, 0.29) is 36.0 Å². The number of nitrogens with one attached hydrogen (secondary N) is 1. The highest BCUT2D eigenvalue weighted by Crippen LogP contribution is 2.12. The van der Waals surface area contributed by atoms with E-state index in [9.17, 15) is 23.2 Å². The molecular weight excluding hydrogens is 382 g/mol. The number of nitrogens with zero attached hydrogens (tertiary/aromatic N) is 3. The summed E-state index contributed by atoms with van der Waals surface area (Å²) in [5.74, 6) is -2.75. The molecule has 160 valence electrons. The molecule has 29 heavy (non-hydrogen) atoms. The molecule has 3 amide bonds. The van der Waals surface area contributed by atoms with Crippen molar-refractivity contribution in [3.05, 3.63) is 35.4 Å². The molecule has 0 bridgehead atoms. The Balaban J connectivity index is 1.83. The largest absolute Gasteiger partial charge is 0.350 e. The second-order valence-corrected chi connectivity index (χ2v) is 8.24. The first-order valence-electron chi connectivity index (χ1n) is 9.48. The van der Waals surface area contributed by atoms with Crippen molar-refractivity contribution in [1.29, 1.82) is 0 Å². The minimum Gasteiger partial charge on any atom is -0.350 e. The van der Waals surface area contributed by atoms with E-state index in [1.54, 1.807) is 4.90 Å². The number of benzene rings is 1.